The first-order chi connectivity index (χ1) is 30.7. The summed E-state index contributed by atoms with van der Waals surface area (Å²) in [5.74, 6) is 2.68. The Morgan fingerprint density at radius 1 is 0.274 bits per heavy atom. The van der Waals surface area contributed by atoms with Crippen molar-refractivity contribution in [3.63, 3.8) is 0 Å². The van der Waals surface area contributed by atoms with E-state index in [2.05, 4.69) is 146 Å². The molecule has 0 radical (unpaired) electrons. The average molecular weight is 817 g/mol. The lowest BCUT2D eigenvalue weighted by Crippen LogP contribution is -2.04. The van der Waals surface area contributed by atoms with Crippen molar-refractivity contribution in [3.8, 4) is 0 Å². The third-order valence-electron chi connectivity index (χ3n) is 14.7. The SMILES string of the molecule is C(=C\c1nc(/C=C/c2cccc(C3CCCCC3)c2)c(/C=C/c2cccc(C3CCCCC3)c2)nc1/C=C/c1cccc(C2CCCCC2)c1)/c1cccc(C2CCCCC2)c1. The molecular weight excluding hydrogens is 749 g/mol. The average Bonchev–Trinajstić information content (AvgIpc) is 3.35. The van der Waals surface area contributed by atoms with Gasteiger partial charge in [-0.05, 0) is 144 Å². The molecule has 4 aliphatic carbocycles. The molecule has 2 heteroatoms. The Labute approximate surface area is 373 Å². The molecule has 4 fully saturated rings. The molecule has 1 aromatic heterocycles. The van der Waals surface area contributed by atoms with E-state index in [0.717, 1.165) is 22.8 Å². The van der Waals surface area contributed by atoms with E-state index in [1.54, 1.807) is 0 Å². The first kappa shape index (κ1) is 42.2. The zero-order chi connectivity index (χ0) is 41.8. The van der Waals surface area contributed by atoms with Crippen LogP contribution in [0.2, 0.25) is 0 Å². The van der Waals surface area contributed by atoms with Gasteiger partial charge >= 0.3 is 0 Å². The van der Waals surface area contributed by atoms with Crippen LogP contribution in [0.25, 0.3) is 48.6 Å². The smallest absolute Gasteiger partial charge is 0.0894 e. The highest BCUT2D eigenvalue weighted by molar-refractivity contribution is 5.81. The van der Waals surface area contributed by atoms with Gasteiger partial charge in [0.2, 0.25) is 0 Å². The molecule has 1 heterocycles. The van der Waals surface area contributed by atoms with Crippen LogP contribution in [0, 0.1) is 0 Å². The summed E-state index contributed by atoms with van der Waals surface area (Å²) in [7, 11) is 0. The molecule has 0 amide bonds. The van der Waals surface area contributed by atoms with Gasteiger partial charge in [0.05, 0.1) is 22.8 Å². The lowest BCUT2D eigenvalue weighted by atomic mass is 9.83. The fourth-order valence-electron chi connectivity index (χ4n) is 11.1. The Bertz CT molecular complexity index is 2020. The third-order valence-corrected chi connectivity index (χ3v) is 14.7. The molecule has 62 heavy (non-hydrogen) atoms. The van der Waals surface area contributed by atoms with Gasteiger partial charge in [0.25, 0.3) is 0 Å². The monoisotopic (exact) mass is 817 g/mol. The zero-order valence-electron chi connectivity index (χ0n) is 37.2. The van der Waals surface area contributed by atoms with E-state index < -0.39 is 0 Å². The summed E-state index contributed by atoms with van der Waals surface area (Å²) >= 11 is 0. The van der Waals surface area contributed by atoms with Crippen LogP contribution < -0.4 is 0 Å². The van der Waals surface area contributed by atoms with Crippen LogP contribution in [0.3, 0.4) is 0 Å². The minimum absolute atomic E-state index is 0.669. The van der Waals surface area contributed by atoms with Crippen LogP contribution in [-0.2, 0) is 0 Å². The fraction of sp³-hybridized carbons (Fsp3) is 0.400. The van der Waals surface area contributed by atoms with Crippen molar-refractivity contribution in [2.75, 3.05) is 0 Å². The Morgan fingerprint density at radius 3 is 0.726 bits per heavy atom. The van der Waals surface area contributed by atoms with Crippen molar-refractivity contribution in [2.24, 2.45) is 0 Å². The molecule has 4 saturated carbocycles. The second-order valence-corrected chi connectivity index (χ2v) is 19.1. The first-order valence-corrected chi connectivity index (χ1v) is 24.7. The second-order valence-electron chi connectivity index (χ2n) is 19.1. The Kier molecular flexibility index (Phi) is 14.5. The lowest BCUT2D eigenvalue weighted by molar-refractivity contribution is 0.443. The van der Waals surface area contributed by atoms with Gasteiger partial charge in [-0.15, -0.1) is 0 Å². The van der Waals surface area contributed by atoms with Gasteiger partial charge in [0.15, 0.2) is 0 Å². The van der Waals surface area contributed by atoms with Crippen molar-refractivity contribution in [1.29, 1.82) is 0 Å². The number of nitrogens with zero attached hydrogens (tertiary/aromatic N) is 2. The molecule has 4 aromatic carbocycles. The number of aromatic nitrogens is 2. The number of hydrogen-bond acceptors (Lipinski definition) is 2. The highest BCUT2D eigenvalue weighted by atomic mass is 14.8. The molecule has 5 aromatic rings. The van der Waals surface area contributed by atoms with Crippen molar-refractivity contribution < 1.29 is 0 Å². The van der Waals surface area contributed by atoms with E-state index in [9.17, 15) is 0 Å². The summed E-state index contributed by atoms with van der Waals surface area (Å²) < 4.78 is 0. The number of benzene rings is 4. The van der Waals surface area contributed by atoms with E-state index in [0.29, 0.717) is 23.7 Å². The van der Waals surface area contributed by atoms with E-state index >= 15 is 0 Å². The highest BCUT2D eigenvalue weighted by Gasteiger charge is 2.19. The summed E-state index contributed by atoms with van der Waals surface area (Å²) in [6.45, 7) is 0. The molecule has 2 nitrogen and oxygen atoms in total. The van der Waals surface area contributed by atoms with Gasteiger partial charge in [0, 0.05) is 0 Å². The summed E-state index contributed by atoms with van der Waals surface area (Å²) in [4.78, 5) is 11.0. The van der Waals surface area contributed by atoms with E-state index in [1.165, 1.54) is 173 Å². The minimum atomic E-state index is 0.669. The Morgan fingerprint density at radius 2 is 0.500 bits per heavy atom. The molecule has 9 rings (SSSR count). The Balaban J connectivity index is 1.10. The molecule has 0 spiro atoms. The zero-order valence-corrected chi connectivity index (χ0v) is 37.2. The van der Waals surface area contributed by atoms with Crippen LogP contribution in [-0.4, -0.2) is 9.97 Å². The van der Waals surface area contributed by atoms with Gasteiger partial charge in [-0.25, -0.2) is 9.97 Å². The molecule has 4 aliphatic rings. The van der Waals surface area contributed by atoms with E-state index in [1.807, 2.05) is 0 Å². The molecule has 0 aliphatic heterocycles. The van der Waals surface area contributed by atoms with Crippen molar-refractivity contribution in [1.82, 2.24) is 9.97 Å². The molecule has 0 saturated heterocycles. The second kappa shape index (κ2) is 21.3. The maximum atomic E-state index is 5.50. The number of hydrogen-bond donors (Lipinski definition) is 0. The van der Waals surface area contributed by atoms with Gasteiger partial charge in [0.1, 0.15) is 0 Å². The molecule has 0 N–H and O–H groups in total. The maximum Gasteiger partial charge on any atom is 0.0894 e. The highest BCUT2D eigenvalue weighted by Crippen LogP contribution is 2.37. The summed E-state index contributed by atoms with van der Waals surface area (Å²) in [5.41, 5.74) is 14.4. The van der Waals surface area contributed by atoms with Crippen molar-refractivity contribution in [3.05, 3.63) is 164 Å². The van der Waals surface area contributed by atoms with Crippen LogP contribution in [0.4, 0.5) is 0 Å². The largest absolute Gasteiger partial charge is 0.245 e. The lowest BCUT2D eigenvalue weighted by Gasteiger charge is -2.22. The Hall–Kier alpha value is -5.08. The summed E-state index contributed by atoms with van der Waals surface area (Å²) in [6.07, 6.45) is 44.4. The quantitative estimate of drug-likeness (QED) is 0.125. The van der Waals surface area contributed by atoms with Crippen LogP contribution in [0.15, 0.2) is 97.1 Å². The predicted molar refractivity (Wildman–Crippen MR) is 267 cm³/mol. The standard InChI is InChI=1S/C60H68N2/c1-5-21-49(22-6-1)53-29-13-17-45(41-53)33-37-57-58(38-34-46-18-14-30-54(42-46)50-23-7-2-8-24-50)62-60(40-36-48-20-16-32-56(44-48)52-27-11-4-12-28-52)59(61-57)39-35-47-19-15-31-55(43-47)51-25-9-3-10-26-51/h13-20,29-44,49-52H,1-12,21-28H2/b37-33+,38-34+,39-35+,40-36+. The van der Waals surface area contributed by atoms with Crippen LogP contribution in [0.1, 0.15) is 219 Å². The van der Waals surface area contributed by atoms with Crippen molar-refractivity contribution >= 4 is 48.6 Å². The molecule has 0 unspecified atom stereocenters. The summed E-state index contributed by atoms with van der Waals surface area (Å²) in [6, 6.07) is 36.9. The molecule has 318 valence electrons. The molecule has 0 atom stereocenters. The van der Waals surface area contributed by atoms with E-state index in [-0.39, 0.29) is 0 Å². The van der Waals surface area contributed by atoms with Crippen LogP contribution in [0.5, 0.6) is 0 Å². The molecular formula is C60H68N2. The number of rotatable bonds is 12. The molecule has 0 bridgehead atoms. The normalized spacial score (nSPS) is 19.1. The minimum Gasteiger partial charge on any atom is -0.245 e. The van der Waals surface area contributed by atoms with Gasteiger partial charge in [-0.3, -0.25) is 0 Å². The fourth-order valence-corrected chi connectivity index (χ4v) is 11.1. The van der Waals surface area contributed by atoms with Crippen molar-refractivity contribution in [2.45, 2.75) is 152 Å². The predicted octanol–water partition coefficient (Wildman–Crippen LogP) is 17.3. The summed E-state index contributed by atoms with van der Waals surface area (Å²) in [5, 5.41) is 0. The first-order valence-electron chi connectivity index (χ1n) is 24.7. The van der Waals surface area contributed by atoms with Gasteiger partial charge in [-0.1, -0.05) is 198 Å². The van der Waals surface area contributed by atoms with Gasteiger partial charge < -0.3 is 0 Å². The van der Waals surface area contributed by atoms with Crippen LogP contribution >= 0.6 is 0 Å². The van der Waals surface area contributed by atoms with E-state index in [4.69, 9.17) is 9.97 Å². The van der Waals surface area contributed by atoms with Gasteiger partial charge in [-0.2, -0.15) is 0 Å². The topological polar surface area (TPSA) is 25.8 Å². The third kappa shape index (κ3) is 11.3. The maximum absolute atomic E-state index is 5.50.